The first-order valence-electron chi connectivity index (χ1n) is 9.24. The van der Waals surface area contributed by atoms with E-state index in [0.29, 0.717) is 23.1 Å². The van der Waals surface area contributed by atoms with Gasteiger partial charge in [0.2, 0.25) is 0 Å². The zero-order valence-corrected chi connectivity index (χ0v) is 16.4. The lowest BCUT2D eigenvalue weighted by Crippen LogP contribution is -2.07. The van der Waals surface area contributed by atoms with Crippen molar-refractivity contribution in [2.45, 2.75) is 11.3 Å². The summed E-state index contributed by atoms with van der Waals surface area (Å²) in [4.78, 5) is 4.72. The quantitative estimate of drug-likeness (QED) is 0.541. The Morgan fingerprint density at radius 3 is 2.30 bits per heavy atom. The van der Waals surface area contributed by atoms with E-state index >= 15 is 0 Å². The average molecular weight is 418 g/mol. The maximum atomic E-state index is 13.3. The van der Waals surface area contributed by atoms with E-state index in [0.717, 1.165) is 10.9 Å². The number of pyridine rings is 1. The molecule has 1 aliphatic rings. The number of sulfonamides is 1. The molecule has 0 fully saturated rings. The molecule has 30 heavy (non-hydrogen) atoms. The molecule has 0 atom stereocenters. The lowest BCUT2D eigenvalue weighted by atomic mass is 9.99. The van der Waals surface area contributed by atoms with Gasteiger partial charge in [-0.2, -0.15) is 12.8 Å². The maximum Gasteiger partial charge on any atom is 0.283 e. The number of hydrogen-bond acceptors (Lipinski definition) is 4. The van der Waals surface area contributed by atoms with Crippen molar-refractivity contribution in [3.8, 4) is 5.75 Å². The highest BCUT2D eigenvalue weighted by Gasteiger charge is 2.32. The molecule has 1 aromatic heterocycles. The van der Waals surface area contributed by atoms with Crippen molar-refractivity contribution in [1.82, 2.24) is 4.98 Å². The van der Waals surface area contributed by atoms with E-state index in [1.807, 2.05) is 12.1 Å². The summed E-state index contributed by atoms with van der Waals surface area (Å²) in [5.74, 6) is -0.454. The Balaban J connectivity index is 1.74. The molecule has 1 aliphatic heterocycles. The Labute approximate surface area is 172 Å². The monoisotopic (exact) mass is 418 g/mol. The summed E-state index contributed by atoms with van der Waals surface area (Å²) in [6.45, 7) is 0. The van der Waals surface area contributed by atoms with Crippen molar-refractivity contribution in [2.75, 3.05) is 0 Å². The molecule has 7 heteroatoms. The van der Waals surface area contributed by atoms with E-state index in [2.05, 4.69) is 9.38 Å². The second-order valence-corrected chi connectivity index (χ2v) is 8.59. The molecule has 2 heterocycles. The van der Waals surface area contributed by atoms with E-state index in [9.17, 15) is 17.9 Å². The Morgan fingerprint density at radius 1 is 0.867 bits per heavy atom. The minimum atomic E-state index is -3.85. The van der Waals surface area contributed by atoms with Crippen molar-refractivity contribution in [2.24, 2.45) is 4.40 Å². The molecule has 0 saturated carbocycles. The van der Waals surface area contributed by atoms with E-state index < -0.39 is 10.0 Å². The van der Waals surface area contributed by atoms with E-state index in [1.165, 1.54) is 18.2 Å². The molecular formula is C23H15FN2O3S. The summed E-state index contributed by atoms with van der Waals surface area (Å²) < 4.78 is 42.2. The fraction of sp³-hybridized carbons (Fsp3) is 0.0435. The molecule has 4 aromatic rings. The van der Waals surface area contributed by atoms with Gasteiger partial charge in [0.25, 0.3) is 10.0 Å². The molecule has 0 saturated heterocycles. The second-order valence-electron chi connectivity index (χ2n) is 7.02. The van der Waals surface area contributed by atoms with Crippen LogP contribution in [0.3, 0.4) is 0 Å². The number of nitrogens with zero attached hydrogens (tertiary/aromatic N) is 2. The van der Waals surface area contributed by atoms with E-state index in [4.69, 9.17) is 0 Å². The second kappa shape index (κ2) is 6.74. The third kappa shape index (κ3) is 2.95. The molecule has 148 valence electrons. The maximum absolute atomic E-state index is 13.3. The fourth-order valence-corrected chi connectivity index (χ4v) is 4.91. The molecule has 0 radical (unpaired) electrons. The summed E-state index contributed by atoms with van der Waals surface area (Å²) in [5, 5.41) is 12.2. The Hall–Kier alpha value is -3.58. The molecule has 0 bridgehead atoms. The molecule has 0 amide bonds. The SMILES string of the molecule is O=S1(=O)N=C(c2nc(Cc3ccc(F)cc3)c3ccccc3c2O)c2ccccc21. The molecule has 5 rings (SSSR count). The standard InChI is InChI=1S/C23H15FN2O3S/c24-15-11-9-14(10-12-15)13-19-16-5-1-2-6-17(16)23(27)22(25-19)21-18-7-3-4-8-20(18)30(28,29)26-21/h1-12,27H,13H2. The first kappa shape index (κ1) is 18.4. The normalized spacial score (nSPS) is 14.5. The van der Waals surface area contributed by atoms with E-state index in [-0.39, 0.29) is 27.9 Å². The van der Waals surface area contributed by atoms with Crippen molar-refractivity contribution >= 4 is 26.5 Å². The summed E-state index contributed by atoms with van der Waals surface area (Å²) in [6, 6.07) is 19.8. The predicted molar refractivity (Wildman–Crippen MR) is 112 cm³/mol. The van der Waals surface area contributed by atoms with Gasteiger partial charge in [-0.15, -0.1) is 0 Å². The van der Waals surface area contributed by atoms with Gasteiger partial charge in [0.15, 0.2) is 5.75 Å². The van der Waals surface area contributed by atoms with Gasteiger partial charge in [-0.3, -0.25) is 0 Å². The van der Waals surface area contributed by atoms with Crippen LogP contribution >= 0.6 is 0 Å². The lowest BCUT2D eigenvalue weighted by Gasteiger charge is -2.13. The highest BCUT2D eigenvalue weighted by Crippen LogP contribution is 2.36. The fourth-order valence-electron chi connectivity index (χ4n) is 3.69. The average Bonchev–Trinajstić information content (AvgIpc) is 3.03. The smallest absolute Gasteiger partial charge is 0.283 e. The van der Waals surface area contributed by atoms with Crippen molar-refractivity contribution in [3.63, 3.8) is 0 Å². The highest BCUT2D eigenvalue weighted by atomic mass is 32.2. The van der Waals surface area contributed by atoms with Crippen LogP contribution < -0.4 is 0 Å². The third-order valence-electron chi connectivity index (χ3n) is 5.10. The summed E-state index contributed by atoms with van der Waals surface area (Å²) in [7, 11) is -3.85. The van der Waals surface area contributed by atoms with Crippen LogP contribution in [0.5, 0.6) is 5.75 Å². The molecule has 3 aromatic carbocycles. The molecule has 0 spiro atoms. The largest absolute Gasteiger partial charge is 0.505 e. The Kier molecular flexibility index (Phi) is 4.15. The number of aromatic nitrogens is 1. The van der Waals surface area contributed by atoms with Crippen LogP contribution in [0.2, 0.25) is 0 Å². The molecule has 0 aliphatic carbocycles. The minimum absolute atomic E-state index is 0.0921. The lowest BCUT2D eigenvalue weighted by molar-refractivity contribution is 0.477. The van der Waals surface area contributed by atoms with Gasteiger partial charge < -0.3 is 5.11 Å². The summed E-state index contributed by atoms with van der Waals surface area (Å²) in [5.41, 5.74) is 2.11. The minimum Gasteiger partial charge on any atom is -0.505 e. The zero-order chi connectivity index (χ0) is 20.9. The van der Waals surface area contributed by atoms with Crippen LogP contribution in [-0.4, -0.2) is 24.2 Å². The van der Waals surface area contributed by atoms with Crippen molar-refractivity contribution in [3.05, 3.63) is 101 Å². The number of rotatable bonds is 3. The molecule has 1 N–H and O–H groups in total. The van der Waals surface area contributed by atoms with Crippen molar-refractivity contribution in [1.29, 1.82) is 0 Å². The van der Waals surface area contributed by atoms with Crippen molar-refractivity contribution < 1.29 is 17.9 Å². The summed E-state index contributed by atoms with van der Waals surface area (Å²) >= 11 is 0. The molecular weight excluding hydrogens is 403 g/mol. The Bertz CT molecular complexity index is 1450. The van der Waals surface area contributed by atoms with Crippen LogP contribution in [0.4, 0.5) is 4.39 Å². The summed E-state index contributed by atoms with van der Waals surface area (Å²) in [6.07, 6.45) is 0.385. The van der Waals surface area contributed by atoms with Crippen LogP contribution in [0.15, 0.2) is 82.1 Å². The number of halogens is 1. The van der Waals surface area contributed by atoms with Crippen LogP contribution in [-0.2, 0) is 16.4 Å². The zero-order valence-electron chi connectivity index (χ0n) is 15.6. The molecule has 0 unspecified atom stereocenters. The number of aromatic hydroxyl groups is 1. The Morgan fingerprint density at radius 2 is 1.53 bits per heavy atom. The van der Waals surface area contributed by atoms with Crippen LogP contribution in [0.1, 0.15) is 22.5 Å². The predicted octanol–water partition coefficient (Wildman–Crippen LogP) is 4.21. The first-order chi connectivity index (χ1) is 14.4. The van der Waals surface area contributed by atoms with Gasteiger partial charge >= 0.3 is 0 Å². The highest BCUT2D eigenvalue weighted by molar-refractivity contribution is 7.90. The first-order valence-corrected chi connectivity index (χ1v) is 10.7. The van der Waals surface area contributed by atoms with Gasteiger partial charge in [0.1, 0.15) is 17.2 Å². The van der Waals surface area contributed by atoms with Gasteiger partial charge in [0, 0.05) is 22.8 Å². The topological polar surface area (TPSA) is 79.6 Å². The van der Waals surface area contributed by atoms with Gasteiger partial charge in [-0.05, 0) is 23.8 Å². The third-order valence-corrected chi connectivity index (χ3v) is 6.44. The van der Waals surface area contributed by atoms with Gasteiger partial charge in [-0.25, -0.2) is 9.37 Å². The van der Waals surface area contributed by atoms with E-state index in [1.54, 1.807) is 42.5 Å². The number of benzene rings is 3. The van der Waals surface area contributed by atoms with Gasteiger partial charge in [0.05, 0.1) is 10.6 Å². The molecule has 5 nitrogen and oxygen atoms in total. The van der Waals surface area contributed by atoms with Gasteiger partial charge in [-0.1, -0.05) is 54.6 Å². The van der Waals surface area contributed by atoms with Crippen LogP contribution in [0, 0.1) is 5.82 Å². The number of hydrogen-bond donors (Lipinski definition) is 1. The van der Waals surface area contributed by atoms with Crippen LogP contribution in [0.25, 0.3) is 10.8 Å². The number of fused-ring (bicyclic) bond motifs is 2.